The van der Waals surface area contributed by atoms with Crippen LogP contribution in [0.1, 0.15) is 5.69 Å². The summed E-state index contributed by atoms with van der Waals surface area (Å²) in [5.74, 6) is -0.618. The Morgan fingerprint density at radius 1 is 1.56 bits per heavy atom. The Labute approximate surface area is 90.9 Å². The molecular formula is C10H10FN3O2. The molecule has 0 unspecified atom stereocenters. The average Bonchev–Trinajstić information content (AvgIpc) is 2.60. The largest absolute Gasteiger partial charge is 0.491 e. The number of aromatic nitrogens is 2. The summed E-state index contributed by atoms with van der Waals surface area (Å²) in [6.07, 6.45) is 3.67. The van der Waals surface area contributed by atoms with Crippen LogP contribution in [0.5, 0.6) is 5.75 Å². The Morgan fingerprint density at radius 3 is 2.94 bits per heavy atom. The number of fused-ring (bicyclic) bond motifs is 1. The number of hydrogen-bond donors (Lipinski definition) is 1. The van der Waals surface area contributed by atoms with Crippen molar-refractivity contribution < 1.29 is 13.9 Å². The van der Waals surface area contributed by atoms with Gasteiger partial charge in [0.1, 0.15) is 5.69 Å². The minimum atomic E-state index is -0.595. The lowest BCUT2D eigenvalue weighted by molar-refractivity contribution is -0.105. The van der Waals surface area contributed by atoms with Gasteiger partial charge in [-0.05, 0) is 6.92 Å². The van der Waals surface area contributed by atoms with Gasteiger partial charge in [0.05, 0.1) is 12.8 Å². The van der Waals surface area contributed by atoms with Crippen LogP contribution < -0.4 is 10.1 Å². The summed E-state index contributed by atoms with van der Waals surface area (Å²) in [6.45, 7) is 1.76. The van der Waals surface area contributed by atoms with E-state index >= 15 is 0 Å². The molecule has 5 nitrogen and oxygen atoms in total. The minimum absolute atomic E-state index is 0.0230. The fourth-order valence-corrected chi connectivity index (χ4v) is 1.56. The van der Waals surface area contributed by atoms with Gasteiger partial charge in [0.15, 0.2) is 11.4 Å². The number of amides is 1. The van der Waals surface area contributed by atoms with Crippen LogP contribution in [-0.2, 0) is 4.79 Å². The molecular weight excluding hydrogens is 213 g/mol. The van der Waals surface area contributed by atoms with Gasteiger partial charge in [-0.3, -0.25) is 4.79 Å². The lowest BCUT2D eigenvalue weighted by Gasteiger charge is -2.09. The summed E-state index contributed by atoms with van der Waals surface area (Å²) < 4.78 is 20.3. The van der Waals surface area contributed by atoms with Crippen LogP contribution in [-0.4, -0.2) is 22.9 Å². The first-order valence-corrected chi connectivity index (χ1v) is 4.59. The molecule has 16 heavy (non-hydrogen) atoms. The van der Waals surface area contributed by atoms with E-state index in [0.29, 0.717) is 12.1 Å². The number of methoxy groups -OCH3 is 1. The molecule has 2 aromatic heterocycles. The van der Waals surface area contributed by atoms with Crippen LogP contribution in [0, 0.1) is 12.7 Å². The molecule has 84 valence electrons. The molecule has 0 atom stereocenters. The third kappa shape index (κ3) is 1.48. The zero-order chi connectivity index (χ0) is 11.7. The maximum absolute atomic E-state index is 13.9. The number of halogens is 1. The van der Waals surface area contributed by atoms with Gasteiger partial charge in [0, 0.05) is 12.4 Å². The highest BCUT2D eigenvalue weighted by atomic mass is 19.1. The van der Waals surface area contributed by atoms with Crippen molar-refractivity contribution in [3.8, 4) is 5.75 Å². The predicted octanol–water partition coefficient (Wildman–Crippen LogP) is 1.36. The van der Waals surface area contributed by atoms with Crippen molar-refractivity contribution in [1.82, 2.24) is 9.38 Å². The number of carbonyl (C=O) groups excluding carboxylic acids is 1. The fourth-order valence-electron chi connectivity index (χ4n) is 1.56. The van der Waals surface area contributed by atoms with Crippen molar-refractivity contribution in [2.24, 2.45) is 0 Å². The van der Waals surface area contributed by atoms with E-state index in [-0.39, 0.29) is 17.1 Å². The molecule has 0 spiro atoms. The van der Waals surface area contributed by atoms with Crippen molar-refractivity contribution in [2.45, 2.75) is 6.92 Å². The van der Waals surface area contributed by atoms with E-state index < -0.39 is 5.82 Å². The van der Waals surface area contributed by atoms with E-state index in [9.17, 15) is 9.18 Å². The van der Waals surface area contributed by atoms with E-state index in [1.807, 2.05) is 0 Å². The maximum Gasteiger partial charge on any atom is 0.211 e. The molecule has 1 N–H and O–H groups in total. The van der Waals surface area contributed by atoms with Crippen molar-refractivity contribution in [2.75, 3.05) is 12.4 Å². The molecule has 2 rings (SSSR count). The van der Waals surface area contributed by atoms with E-state index in [0.717, 1.165) is 0 Å². The van der Waals surface area contributed by atoms with Crippen LogP contribution in [0.25, 0.3) is 5.65 Å². The van der Waals surface area contributed by atoms with Crippen molar-refractivity contribution in [3.05, 3.63) is 23.9 Å². The number of anilines is 1. The molecule has 0 aliphatic heterocycles. The van der Waals surface area contributed by atoms with Crippen LogP contribution in [0.3, 0.4) is 0 Å². The van der Waals surface area contributed by atoms with Gasteiger partial charge in [-0.2, -0.15) is 4.39 Å². The topological polar surface area (TPSA) is 55.6 Å². The molecule has 0 fully saturated rings. The lowest BCUT2D eigenvalue weighted by atomic mass is 10.3. The van der Waals surface area contributed by atoms with Crippen LogP contribution in [0.2, 0.25) is 0 Å². The minimum Gasteiger partial charge on any atom is -0.491 e. The second-order valence-corrected chi connectivity index (χ2v) is 3.27. The molecule has 0 bridgehead atoms. The monoisotopic (exact) mass is 223 g/mol. The van der Waals surface area contributed by atoms with Gasteiger partial charge in [0.25, 0.3) is 0 Å². The third-order valence-electron chi connectivity index (χ3n) is 2.18. The Bertz CT molecular complexity index is 550. The summed E-state index contributed by atoms with van der Waals surface area (Å²) >= 11 is 0. The second-order valence-electron chi connectivity index (χ2n) is 3.27. The molecule has 0 saturated carbocycles. The first-order chi connectivity index (χ1) is 7.67. The van der Waals surface area contributed by atoms with Crippen molar-refractivity contribution >= 4 is 17.7 Å². The molecule has 0 aliphatic rings. The first-order valence-electron chi connectivity index (χ1n) is 4.59. The number of nitrogens with one attached hydrogen (secondary N) is 1. The normalized spacial score (nSPS) is 10.4. The van der Waals surface area contributed by atoms with Crippen molar-refractivity contribution in [1.29, 1.82) is 0 Å². The van der Waals surface area contributed by atoms with E-state index in [4.69, 9.17) is 4.74 Å². The summed E-state index contributed by atoms with van der Waals surface area (Å²) in [6, 6.07) is 0. The zero-order valence-corrected chi connectivity index (χ0v) is 8.82. The van der Waals surface area contributed by atoms with Gasteiger partial charge < -0.3 is 14.5 Å². The smallest absolute Gasteiger partial charge is 0.211 e. The number of carbonyl (C=O) groups is 1. The van der Waals surface area contributed by atoms with E-state index in [2.05, 4.69) is 10.3 Å². The summed E-state index contributed by atoms with van der Waals surface area (Å²) in [4.78, 5) is 14.4. The summed E-state index contributed by atoms with van der Waals surface area (Å²) in [7, 11) is 1.33. The molecule has 0 aromatic carbocycles. The quantitative estimate of drug-likeness (QED) is 0.799. The molecule has 0 radical (unpaired) electrons. The molecule has 0 saturated heterocycles. The van der Waals surface area contributed by atoms with Gasteiger partial charge in [-0.1, -0.05) is 0 Å². The highest BCUT2D eigenvalue weighted by Crippen LogP contribution is 2.29. The lowest BCUT2D eigenvalue weighted by Crippen LogP contribution is -2.02. The molecule has 2 heterocycles. The molecule has 0 aliphatic carbocycles. The van der Waals surface area contributed by atoms with Crippen LogP contribution in [0.15, 0.2) is 12.4 Å². The number of hydrogen-bond acceptors (Lipinski definition) is 3. The second kappa shape index (κ2) is 3.80. The van der Waals surface area contributed by atoms with Gasteiger partial charge in [0.2, 0.25) is 12.2 Å². The Balaban J connectivity index is 2.74. The SMILES string of the molecule is COc1c(NC=O)cn2cc(C)nc2c1F. The Kier molecular flexibility index (Phi) is 2.47. The number of ether oxygens (including phenoxy) is 1. The Hall–Kier alpha value is -2.11. The van der Waals surface area contributed by atoms with E-state index in [1.165, 1.54) is 11.5 Å². The number of pyridine rings is 1. The summed E-state index contributed by atoms with van der Waals surface area (Å²) in [5, 5.41) is 2.38. The predicted molar refractivity (Wildman–Crippen MR) is 56.1 cm³/mol. The van der Waals surface area contributed by atoms with Gasteiger partial charge in [-0.15, -0.1) is 0 Å². The number of rotatable bonds is 3. The third-order valence-corrected chi connectivity index (χ3v) is 2.18. The molecule has 1 amide bonds. The average molecular weight is 223 g/mol. The zero-order valence-electron chi connectivity index (χ0n) is 8.82. The standard InChI is InChI=1S/C10H10FN3O2/c1-6-3-14-4-7(12-5-15)9(16-2)8(11)10(14)13-6/h3-5H,1-2H3,(H,12,15). The number of nitrogens with zero attached hydrogens (tertiary/aromatic N) is 2. The number of aryl methyl sites for hydroxylation is 1. The van der Waals surface area contributed by atoms with E-state index in [1.54, 1.807) is 19.3 Å². The highest BCUT2D eigenvalue weighted by Gasteiger charge is 2.15. The number of imidazole rings is 1. The summed E-state index contributed by atoms with van der Waals surface area (Å²) in [5.41, 5.74) is 1.12. The van der Waals surface area contributed by atoms with Crippen LogP contribution in [0.4, 0.5) is 10.1 Å². The van der Waals surface area contributed by atoms with Crippen molar-refractivity contribution in [3.63, 3.8) is 0 Å². The Morgan fingerprint density at radius 2 is 2.31 bits per heavy atom. The maximum atomic E-state index is 13.9. The molecule has 6 heteroatoms. The highest BCUT2D eigenvalue weighted by molar-refractivity contribution is 5.76. The first kappa shape index (κ1) is 10.4. The van der Waals surface area contributed by atoms with Crippen LogP contribution >= 0.6 is 0 Å². The fraction of sp³-hybridized carbons (Fsp3) is 0.200. The molecule has 2 aromatic rings. The van der Waals surface area contributed by atoms with Gasteiger partial charge in [-0.25, -0.2) is 4.98 Å². The van der Waals surface area contributed by atoms with Gasteiger partial charge >= 0.3 is 0 Å².